The Labute approximate surface area is 127 Å². The van der Waals surface area contributed by atoms with E-state index in [1.165, 1.54) is 17.4 Å². The molecule has 0 atom stereocenters. The molecule has 0 aliphatic rings. The molecule has 8 heteroatoms. The second kappa shape index (κ2) is 6.64. The van der Waals surface area contributed by atoms with Crippen LogP contribution in [0.25, 0.3) is 0 Å². The van der Waals surface area contributed by atoms with Gasteiger partial charge in [0.2, 0.25) is 0 Å². The van der Waals surface area contributed by atoms with Crippen molar-refractivity contribution >= 4 is 33.0 Å². The van der Waals surface area contributed by atoms with Crippen LogP contribution in [0.15, 0.2) is 35.5 Å². The van der Waals surface area contributed by atoms with Crippen LogP contribution in [0.1, 0.15) is 10.4 Å². The van der Waals surface area contributed by atoms with Gasteiger partial charge in [-0.3, -0.25) is 0 Å². The molecule has 0 saturated carbocycles. The minimum atomic E-state index is -3.60. The van der Waals surface area contributed by atoms with E-state index >= 15 is 0 Å². The Kier molecular flexibility index (Phi) is 5.11. The van der Waals surface area contributed by atoms with Crippen molar-refractivity contribution in [3.05, 3.63) is 45.2 Å². The van der Waals surface area contributed by atoms with Gasteiger partial charge in [0.05, 0.1) is 4.34 Å². The molecule has 0 amide bonds. The Morgan fingerprint density at radius 3 is 2.60 bits per heavy atom. The zero-order chi connectivity index (χ0) is 14.6. The highest BCUT2D eigenvalue weighted by atomic mass is 35.5. The molecule has 0 aliphatic heterocycles. The van der Waals surface area contributed by atoms with Gasteiger partial charge in [-0.25, -0.2) is 18.1 Å². The molecule has 0 fully saturated rings. The van der Waals surface area contributed by atoms with Gasteiger partial charge >= 0.3 is 0 Å². The van der Waals surface area contributed by atoms with Gasteiger partial charge in [-0.2, -0.15) is 0 Å². The third-order valence-corrected chi connectivity index (χ3v) is 5.07. The highest BCUT2D eigenvalue weighted by Crippen LogP contribution is 2.21. The summed E-state index contributed by atoms with van der Waals surface area (Å²) >= 11 is 7.14. The zero-order valence-electron chi connectivity index (χ0n) is 10.8. The largest absolute Gasteiger partial charge is 0.316 e. The van der Waals surface area contributed by atoms with Gasteiger partial charge in [-0.15, -0.1) is 11.3 Å². The number of nitrogens with one attached hydrogen (secondary N) is 2. The molecule has 0 unspecified atom stereocenters. The van der Waals surface area contributed by atoms with Crippen LogP contribution in [0.4, 0.5) is 0 Å². The minimum absolute atomic E-state index is 0.0139. The summed E-state index contributed by atoms with van der Waals surface area (Å²) in [4.78, 5) is 4.83. The first-order valence-corrected chi connectivity index (χ1v) is 8.52. The first-order chi connectivity index (χ1) is 9.51. The number of hydrogen-bond donors (Lipinski definition) is 2. The van der Waals surface area contributed by atoms with Crippen LogP contribution in [0.2, 0.25) is 4.34 Å². The monoisotopic (exact) mass is 331 g/mol. The lowest BCUT2D eigenvalue weighted by molar-refractivity contribution is 0.577. The summed E-state index contributed by atoms with van der Waals surface area (Å²) in [6, 6.07) is 6.76. The number of sulfonamides is 1. The van der Waals surface area contributed by atoms with E-state index in [2.05, 4.69) is 15.0 Å². The third-order valence-electron chi connectivity index (χ3n) is 2.52. The fraction of sp³-hybridized carbons (Fsp3) is 0.250. The fourth-order valence-corrected chi connectivity index (χ4v) is 3.62. The van der Waals surface area contributed by atoms with Crippen molar-refractivity contribution in [2.75, 3.05) is 7.05 Å². The molecule has 2 heterocycles. The van der Waals surface area contributed by atoms with Crippen LogP contribution in [0, 0.1) is 0 Å². The maximum absolute atomic E-state index is 12.1. The highest BCUT2D eigenvalue weighted by molar-refractivity contribution is 7.89. The van der Waals surface area contributed by atoms with Gasteiger partial charge in [0.15, 0.2) is 5.03 Å². The zero-order valence-corrected chi connectivity index (χ0v) is 13.1. The topological polar surface area (TPSA) is 71.1 Å². The normalized spacial score (nSPS) is 11.7. The van der Waals surface area contributed by atoms with Gasteiger partial charge in [0.25, 0.3) is 10.0 Å². The molecule has 20 heavy (non-hydrogen) atoms. The lowest BCUT2D eigenvalue weighted by atomic mass is 10.3. The van der Waals surface area contributed by atoms with E-state index in [9.17, 15) is 8.42 Å². The molecule has 0 saturated heterocycles. The minimum Gasteiger partial charge on any atom is -0.316 e. The molecule has 2 rings (SSSR count). The second-order valence-electron chi connectivity index (χ2n) is 4.07. The van der Waals surface area contributed by atoms with Gasteiger partial charge in [0.1, 0.15) is 0 Å². The molecule has 0 aliphatic carbocycles. The Morgan fingerprint density at radius 2 is 2.05 bits per heavy atom. The number of pyridine rings is 1. The average molecular weight is 332 g/mol. The first-order valence-electron chi connectivity index (χ1n) is 5.84. The van der Waals surface area contributed by atoms with Crippen LogP contribution in [0.5, 0.6) is 0 Å². The number of hydrogen-bond acceptors (Lipinski definition) is 5. The van der Waals surface area contributed by atoms with Crippen LogP contribution in [-0.4, -0.2) is 20.4 Å². The van der Waals surface area contributed by atoms with Crippen LogP contribution >= 0.6 is 22.9 Å². The van der Waals surface area contributed by atoms with Gasteiger partial charge in [-0.1, -0.05) is 17.7 Å². The Morgan fingerprint density at radius 1 is 1.25 bits per heavy atom. The summed E-state index contributed by atoms with van der Waals surface area (Å²) in [6.45, 7) is 0.855. The van der Waals surface area contributed by atoms with Crippen LogP contribution < -0.4 is 10.0 Å². The predicted molar refractivity (Wildman–Crippen MR) is 80.4 cm³/mol. The molecule has 0 aromatic carbocycles. The maximum atomic E-state index is 12.1. The van der Waals surface area contributed by atoms with Crippen molar-refractivity contribution in [1.82, 2.24) is 15.0 Å². The van der Waals surface area contributed by atoms with E-state index < -0.39 is 10.0 Å². The van der Waals surface area contributed by atoms with Gasteiger partial charge in [0, 0.05) is 24.2 Å². The molecule has 0 radical (unpaired) electrons. The number of rotatable bonds is 6. The third kappa shape index (κ3) is 4.00. The standard InChI is InChI=1S/C12H14ClN3O2S2/c1-14-6-9-2-5-12(15-7-9)20(17,18)16-8-10-3-4-11(13)19-10/h2-5,7,14,16H,6,8H2,1H3. The highest BCUT2D eigenvalue weighted by Gasteiger charge is 2.15. The molecule has 108 valence electrons. The lowest BCUT2D eigenvalue weighted by Crippen LogP contribution is -2.23. The van der Waals surface area contributed by atoms with E-state index in [-0.39, 0.29) is 11.6 Å². The van der Waals surface area contributed by atoms with Crippen molar-refractivity contribution in [3.63, 3.8) is 0 Å². The van der Waals surface area contributed by atoms with Crippen LogP contribution in [-0.2, 0) is 23.1 Å². The van der Waals surface area contributed by atoms with Crippen molar-refractivity contribution in [2.45, 2.75) is 18.1 Å². The predicted octanol–water partition coefficient (Wildman–Crippen LogP) is 1.99. The van der Waals surface area contributed by atoms with Gasteiger partial charge < -0.3 is 5.32 Å². The SMILES string of the molecule is CNCc1ccc(S(=O)(=O)NCc2ccc(Cl)s2)nc1. The summed E-state index contributed by atoms with van der Waals surface area (Å²) in [5.41, 5.74) is 0.927. The molecule has 5 nitrogen and oxygen atoms in total. The van der Waals surface area contributed by atoms with Gasteiger partial charge in [-0.05, 0) is 30.8 Å². The van der Waals surface area contributed by atoms with E-state index in [4.69, 9.17) is 11.6 Å². The Balaban J connectivity index is 2.05. The van der Waals surface area contributed by atoms with Crippen LogP contribution in [0.3, 0.4) is 0 Å². The number of nitrogens with zero attached hydrogens (tertiary/aromatic N) is 1. The number of aromatic nitrogens is 1. The summed E-state index contributed by atoms with van der Waals surface area (Å²) < 4.78 is 27.3. The average Bonchev–Trinajstić information content (AvgIpc) is 2.84. The lowest BCUT2D eigenvalue weighted by Gasteiger charge is -2.06. The number of thiophene rings is 1. The molecule has 0 spiro atoms. The fourth-order valence-electron chi connectivity index (χ4n) is 1.57. The Bertz CT molecular complexity index is 668. The summed E-state index contributed by atoms with van der Waals surface area (Å²) in [6.07, 6.45) is 1.55. The maximum Gasteiger partial charge on any atom is 0.258 e. The first kappa shape index (κ1) is 15.4. The van der Waals surface area contributed by atoms with Crippen molar-refractivity contribution < 1.29 is 8.42 Å². The molecular formula is C12H14ClN3O2S2. The molecule has 2 aromatic heterocycles. The van der Waals surface area contributed by atoms with E-state index in [0.29, 0.717) is 10.9 Å². The molecule has 2 aromatic rings. The Hall–Kier alpha value is -0.990. The molecular weight excluding hydrogens is 318 g/mol. The van der Waals surface area contributed by atoms with E-state index in [1.54, 1.807) is 24.4 Å². The second-order valence-corrected chi connectivity index (χ2v) is 7.58. The summed E-state index contributed by atoms with van der Waals surface area (Å²) in [5, 5.41) is 2.99. The molecule has 2 N–H and O–H groups in total. The van der Waals surface area contributed by atoms with Crippen molar-refractivity contribution in [3.8, 4) is 0 Å². The van der Waals surface area contributed by atoms with Crippen molar-refractivity contribution in [2.24, 2.45) is 0 Å². The quantitative estimate of drug-likeness (QED) is 0.849. The van der Waals surface area contributed by atoms with E-state index in [1.807, 2.05) is 7.05 Å². The van der Waals surface area contributed by atoms with E-state index in [0.717, 1.165) is 10.4 Å². The summed E-state index contributed by atoms with van der Waals surface area (Å²) in [7, 11) is -1.78. The summed E-state index contributed by atoms with van der Waals surface area (Å²) in [5.74, 6) is 0. The number of halogens is 1. The smallest absolute Gasteiger partial charge is 0.258 e. The molecule has 0 bridgehead atoms. The van der Waals surface area contributed by atoms with Crippen molar-refractivity contribution in [1.29, 1.82) is 0 Å².